The zero-order chi connectivity index (χ0) is 21.2. The lowest BCUT2D eigenvalue weighted by molar-refractivity contribution is -0.142. The summed E-state index contributed by atoms with van der Waals surface area (Å²) in [5.41, 5.74) is 0.164. The number of nitrogens with zero attached hydrogens (tertiary/aromatic N) is 3. The molecular weight excluding hydrogens is 377 g/mol. The summed E-state index contributed by atoms with van der Waals surface area (Å²) in [4.78, 5) is 25.4. The Morgan fingerprint density at radius 2 is 1.93 bits per heavy atom. The van der Waals surface area contributed by atoms with E-state index in [1.165, 1.54) is 16.8 Å². The topological polar surface area (TPSA) is 87.5 Å². The van der Waals surface area contributed by atoms with Crippen LogP contribution < -0.4 is 5.32 Å². The first kappa shape index (κ1) is 21.4. The molecule has 0 fully saturated rings. The van der Waals surface area contributed by atoms with E-state index in [4.69, 9.17) is 0 Å². The number of halogens is 3. The zero-order valence-electron chi connectivity index (χ0n) is 15.8. The highest BCUT2D eigenvalue weighted by Gasteiger charge is 2.32. The predicted molar refractivity (Wildman–Crippen MR) is 95.1 cm³/mol. The van der Waals surface area contributed by atoms with E-state index in [0.29, 0.717) is 11.4 Å². The summed E-state index contributed by atoms with van der Waals surface area (Å²) in [6, 6.07) is 3.20. The van der Waals surface area contributed by atoms with Crippen LogP contribution in [0.15, 0.2) is 24.3 Å². The van der Waals surface area contributed by atoms with Crippen LogP contribution in [-0.2, 0) is 15.8 Å². The van der Waals surface area contributed by atoms with Gasteiger partial charge in [-0.05, 0) is 46.1 Å². The van der Waals surface area contributed by atoms with Gasteiger partial charge < -0.3 is 15.3 Å². The standard InChI is InChI=1S/C18H21F3N4O3/c1-10-15(16(17(27)28)22-14(26)9-24(3)4)11(2)25(23-10)13-7-5-6-12(8-13)18(19,20)21/h5-8,16H,9H2,1-4H3,(H,22,26)(H,27,28). The van der Waals surface area contributed by atoms with Gasteiger partial charge in [-0.1, -0.05) is 6.07 Å². The Hall–Kier alpha value is -2.88. The Bertz CT molecular complexity index is 891. The Kier molecular flexibility index (Phi) is 6.13. The van der Waals surface area contributed by atoms with Gasteiger partial charge in [-0.3, -0.25) is 4.79 Å². The quantitative estimate of drug-likeness (QED) is 0.780. The molecule has 28 heavy (non-hydrogen) atoms. The van der Waals surface area contributed by atoms with Gasteiger partial charge >= 0.3 is 12.1 Å². The Labute approximate surface area is 159 Å². The number of benzene rings is 1. The SMILES string of the molecule is Cc1nn(-c2cccc(C(F)(F)F)c2)c(C)c1C(NC(=O)CN(C)C)C(=O)O. The van der Waals surface area contributed by atoms with Crippen LogP contribution in [0.2, 0.25) is 0 Å². The highest BCUT2D eigenvalue weighted by atomic mass is 19.4. The molecule has 0 saturated heterocycles. The molecule has 10 heteroatoms. The highest BCUT2D eigenvalue weighted by molar-refractivity contribution is 5.86. The number of aromatic nitrogens is 2. The maximum Gasteiger partial charge on any atom is 0.416 e. The second-order valence-electron chi connectivity index (χ2n) is 6.62. The molecule has 0 bridgehead atoms. The first-order chi connectivity index (χ1) is 12.9. The maximum atomic E-state index is 13.0. The van der Waals surface area contributed by atoms with E-state index in [0.717, 1.165) is 12.1 Å². The monoisotopic (exact) mass is 398 g/mol. The van der Waals surface area contributed by atoms with Gasteiger partial charge in [-0.15, -0.1) is 0 Å². The number of amides is 1. The molecule has 2 rings (SSSR count). The Morgan fingerprint density at radius 3 is 2.46 bits per heavy atom. The van der Waals surface area contributed by atoms with Gasteiger partial charge in [0.25, 0.3) is 0 Å². The van der Waals surface area contributed by atoms with Crippen molar-refractivity contribution in [2.45, 2.75) is 26.1 Å². The lowest BCUT2D eigenvalue weighted by Crippen LogP contribution is -2.39. The van der Waals surface area contributed by atoms with Crippen molar-refractivity contribution in [2.75, 3.05) is 20.6 Å². The molecule has 0 radical (unpaired) electrons. The third-order valence-corrected chi connectivity index (χ3v) is 4.07. The molecule has 2 N–H and O–H groups in total. The fourth-order valence-electron chi connectivity index (χ4n) is 2.89. The average Bonchev–Trinajstić information content (AvgIpc) is 2.86. The normalized spacial score (nSPS) is 12.9. The number of hydrogen-bond acceptors (Lipinski definition) is 4. The lowest BCUT2D eigenvalue weighted by atomic mass is 10.0. The number of rotatable bonds is 6. The fourth-order valence-corrected chi connectivity index (χ4v) is 2.89. The van der Waals surface area contributed by atoms with Gasteiger partial charge in [0.2, 0.25) is 5.91 Å². The number of aliphatic carboxylic acids is 1. The number of hydrogen-bond donors (Lipinski definition) is 2. The molecule has 1 atom stereocenters. The summed E-state index contributed by atoms with van der Waals surface area (Å²) in [7, 11) is 3.33. The van der Waals surface area contributed by atoms with Gasteiger partial charge in [0.15, 0.2) is 6.04 Å². The molecule has 0 aliphatic rings. The molecule has 0 aliphatic heterocycles. The van der Waals surface area contributed by atoms with Crippen molar-refractivity contribution in [1.82, 2.24) is 20.0 Å². The van der Waals surface area contributed by atoms with E-state index in [2.05, 4.69) is 10.4 Å². The molecule has 2 aromatic rings. The third-order valence-electron chi connectivity index (χ3n) is 4.07. The molecule has 1 heterocycles. The van der Waals surface area contributed by atoms with Gasteiger partial charge in [-0.25, -0.2) is 9.48 Å². The van der Waals surface area contributed by atoms with E-state index in [1.54, 1.807) is 32.8 Å². The van der Waals surface area contributed by atoms with E-state index in [-0.39, 0.29) is 17.8 Å². The number of alkyl halides is 3. The Morgan fingerprint density at radius 1 is 1.29 bits per heavy atom. The highest BCUT2D eigenvalue weighted by Crippen LogP contribution is 2.31. The summed E-state index contributed by atoms with van der Waals surface area (Å²) in [5, 5.41) is 16.2. The van der Waals surface area contributed by atoms with Crippen molar-refractivity contribution in [3.8, 4) is 5.69 Å². The third kappa shape index (κ3) is 4.69. The average molecular weight is 398 g/mol. The van der Waals surface area contributed by atoms with E-state index < -0.39 is 29.7 Å². The summed E-state index contributed by atoms with van der Waals surface area (Å²) in [5.74, 6) is -1.79. The van der Waals surface area contributed by atoms with Crippen LogP contribution in [0.5, 0.6) is 0 Å². The van der Waals surface area contributed by atoms with Crippen LogP contribution in [-0.4, -0.2) is 52.3 Å². The van der Waals surface area contributed by atoms with Crippen LogP contribution >= 0.6 is 0 Å². The van der Waals surface area contributed by atoms with Gasteiger partial charge in [-0.2, -0.15) is 18.3 Å². The van der Waals surface area contributed by atoms with E-state index >= 15 is 0 Å². The van der Waals surface area contributed by atoms with E-state index in [9.17, 15) is 27.9 Å². The molecular formula is C18H21F3N4O3. The van der Waals surface area contributed by atoms with Crippen molar-refractivity contribution in [3.63, 3.8) is 0 Å². The van der Waals surface area contributed by atoms with Gasteiger partial charge in [0, 0.05) is 11.3 Å². The first-order valence-electron chi connectivity index (χ1n) is 8.32. The van der Waals surface area contributed by atoms with E-state index in [1.807, 2.05) is 0 Å². The predicted octanol–water partition coefficient (Wildman–Crippen LogP) is 2.31. The van der Waals surface area contributed by atoms with Crippen molar-refractivity contribution in [1.29, 1.82) is 0 Å². The summed E-state index contributed by atoms with van der Waals surface area (Å²) < 4.78 is 40.2. The van der Waals surface area contributed by atoms with Crippen LogP contribution in [0, 0.1) is 13.8 Å². The summed E-state index contributed by atoms with van der Waals surface area (Å²) in [6.07, 6.45) is -4.52. The van der Waals surface area contributed by atoms with Crippen molar-refractivity contribution < 1.29 is 27.9 Å². The minimum Gasteiger partial charge on any atom is -0.479 e. The molecule has 1 aromatic heterocycles. The zero-order valence-corrected chi connectivity index (χ0v) is 15.8. The molecule has 7 nitrogen and oxygen atoms in total. The number of aryl methyl sites for hydroxylation is 1. The molecule has 1 unspecified atom stereocenters. The van der Waals surface area contributed by atoms with Crippen LogP contribution in [0.1, 0.15) is 28.6 Å². The van der Waals surface area contributed by atoms with Crippen molar-refractivity contribution >= 4 is 11.9 Å². The van der Waals surface area contributed by atoms with Crippen LogP contribution in [0.3, 0.4) is 0 Å². The number of nitrogens with one attached hydrogen (secondary N) is 1. The number of carboxylic acids is 1. The first-order valence-corrected chi connectivity index (χ1v) is 8.32. The minimum absolute atomic E-state index is 0.0103. The number of carbonyl (C=O) groups excluding carboxylic acids is 1. The maximum absolute atomic E-state index is 13.0. The molecule has 0 saturated carbocycles. The second kappa shape index (κ2) is 8.01. The number of carbonyl (C=O) groups is 2. The summed E-state index contributed by atoms with van der Waals surface area (Å²) in [6.45, 7) is 3.08. The van der Waals surface area contributed by atoms with Crippen molar-refractivity contribution in [2.24, 2.45) is 0 Å². The minimum atomic E-state index is -4.52. The largest absolute Gasteiger partial charge is 0.479 e. The Balaban J connectivity index is 2.47. The summed E-state index contributed by atoms with van der Waals surface area (Å²) >= 11 is 0. The molecule has 0 aliphatic carbocycles. The molecule has 152 valence electrons. The smallest absolute Gasteiger partial charge is 0.416 e. The lowest BCUT2D eigenvalue weighted by Gasteiger charge is -2.17. The van der Waals surface area contributed by atoms with Gasteiger partial charge in [0.05, 0.1) is 23.5 Å². The van der Waals surface area contributed by atoms with Crippen molar-refractivity contribution in [3.05, 3.63) is 46.8 Å². The fraction of sp³-hybridized carbons (Fsp3) is 0.389. The molecule has 1 aromatic carbocycles. The number of likely N-dealkylation sites (N-methyl/N-ethyl adjacent to an activating group) is 1. The van der Waals surface area contributed by atoms with Crippen LogP contribution in [0.4, 0.5) is 13.2 Å². The molecule has 1 amide bonds. The molecule has 0 spiro atoms. The van der Waals surface area contributed by atoms with Gasteiger partial charge in [0.1, 0.15) is 0 Å². The second-order valence-corrected chi connectivity index (χ2v) is 6.62. The van der Waals surface area contributed by atoms with Crippen LogP contribution in [0.25, 0.3) is 5.69 Å². The number of carboxylic acid groups (broad SMARTS) is 1.